The fourth-order valence-electron chi connectivity index (χ4n) is 2.37. The zero-order chi connectivity index (χ0) is 14.8. The van der Waals surface area contributed by atoms with E-state index in [9.17, 15) is 0 Å². The van der Waals surface area contributed by atoms with Crippen LogP contribution in [0.4, 0.5) is 11.9 Å². The van der Waals surface area contributed by atoms with E-state index in [2.05, 4.69) is 25.0 Å². The second kappa shape index (κ2) is 5.85. The molecule has 2 aromatic heterocycles. The number of aromatic nitrogens is 4. The van der Waals surface area contributed by atoms with Crippen molar-refractivity contribution in [1.82, 2.24) is 20.1 Å². The minimum atomic E-state index is 0.301. The second-order valence-corrected chi connectivity index (χ2v) is 5.73. The van der Waals surface area contributed by atoms with Crippen molar-refractivity contribution in [3.63, 3.8) is 0 Å². The van der Waals surface area contributed by atoms with Gasteiger partial charge in [0, 0.05) is 33.1 Å². The molecule has 0 spiro atoms. The Balaban J connectivity index is 1.63. The zero-order valence-corrected chi connectivity index (χ0v) is 12.8. The predicted octanol–water partition coefficient (Wildman–Crippen LogP) is 1.96. The monoisotopic (exact) mass is 308 g/mol. The smallest absolute Gasteiger partial charge is 0.265 e. The van der Waals surface area contributed by atoms with Crippen LogP contribution in [0.15, 0.2) is 16.9 Å². The first kappa shape index (κ1) is 14.1. The van der Waals surface area contributed by atoms with Gasteiger partial charge in [0.25, 0.3) is 5.95 Å². The summed E-state index contributed by atoms with van der Waals surface area (Å²) in [5, 5.41) is 4.52. The van der Waals surface area contributed by atoms with Crippen molar-refractivity contribution in [1.29, 1.82) is 0 Å². The van der Waals surface area contributed by atoms with E-state index in [1.165, 1.54) is 0 Å². The largest absolute Gasteiger partial charge is 0.344 e. The Morgan fingerprint density at radius 3 is 2.48 bits per heavy atom. The fourth-order valence-corrected chi connectivity index (χ4v) is 2.47. The molecule has 1 saturated heterocycles. The highest BCUT2D eigenvalue weighted by Crippen LogP contribution is 2.29. The Morgan fingerprint density at radius 1 is 1.24 bits per heavy atom. The number of halogens is 1. The first-order chi connectivity index (χ1) is 10.1. The fraction of sp³-hybridized carbons (Fsp3) is 0.538. The first-order valence-corrected chi connectivity index (χ1v) is 7.24. The standard InChI is InChI=1S/C13H17ClN6O/c1-19(2)13-17-11(21-18-13)9-3-5-20(6-4-9)12-15-7-10(14)8-16-12/h7-9H,3-6H2,1-2H3. The Morgan fingerprint density at radius 2 is 1.90 bits per heavy atom. The molecule has 0 aromatic carbocycles. The zero-order valence-electron chi connectivity index (χ0n) is 12.0. The molecule has 1 fully saturated rings. The van der Waals surface area contributed by atoms with Crippen LogP contribution in [0.1, 0.15) is 24.7 Å². The highest BCUT2D eigenvalue weighted by atomic mass is 35.5. The summed E-state index contributed by atoms with van der Waals surface area (Å²) in [7, 11) is 3.80. The maximum atomic E-state index is 5.81. The number of rotatable bonds is 3. The van der Waals surface area contributed by atoms with E-state index in [0.717, 1.165) is 37.8 Å². The molecule has 0 bridgehead atoms. The number of piperidine rings is 1. The van der Waals surface area contributed by atoms with Crippen LogP contribution >= 0.6 is 11.6 Å². The van der Waals surface area contributed by atoms with Crippen LogP contribution < -0.4 is 9.80 Å². The highest BCUT2D eigenvalue weighted by Gasteiger charge is 2.26. The predicted molar refractivity (Wildman–Crippen MR) is 79.9 cm³/mol. The lowest BCUT2D eigenvalue weighted by Crippen LogP contribution is -2.34. The van der Waals surface area contributed by atoms with Gasteiger partial charge in [-0.2, -0.15) is 4.98 Å². The van der Waals surface area contributed by atoms with Crippen molar-refractivity contribution < 1.29 is 4.52 Å². The van der Waals surface area contributed by atoms with E-state index >= 15 is 0 Å². The molecule has 0 aliphatic carbocycles. The third-order valence-electron chi connectivity index (χ3n) is 3.56. The Hall–Kier alpha value is -1.89. The number of hydrogen-bond acceptors (Lipinski definition) is 7. The third-order valence-corrected chi connectivity index (χ3v) is 3.76. The van der Waals surface area contributed by atoms with Crippen molar-refractivity contribution in [2.75, 3.05) is 37.0 Å². The van der Waals surface area contributed by atoms with Gasteiger partial charge in [0.05, 0.1) is 17.4 Å². The quantitative estimate of drug-likeness (QED) is 0.858. The lowest BCUT2D eigenvalue weighted by Gasteiger charge is -2.30. The van der Waals surface area contributed by atoms with Gasteiger partial charge in [0.1, 0.15) is 0 Å². The van der Waals surface area contributed by atoms with Crippen molar-refractivity contribution in [2.24, 2.45) is 0 Å². The van der Waals surface area contributed by atoms with Gasteiger partial charge in [-0.3, -0.25) is 0 Å². The number of hydrogen-bond donors (Lipinski definition) is 0. The number of nitrogens with zero attached hydrogens (tertiary/aromatic N) is 6. The maximum absolute atomic E-state index is 5.81. The minimum Gasteiger partial charge on any atom is -0.344 e. The molecule has 1 aliphatic heterocycles. The molecule has 0 atom stereocenters. The molecule has 7 nitrogen and oxygen atoms in total. The molecule has 112 valence electrons. The van der Waals surface area contributed by atoms with Crippen molar-refractivity contribution in [3.05, 3.63) is 23.3 Å². The van der Waals surface area contributed by atoms with E-state index in [1.54, 1.807) is 12.4 Å². The lowest BCUT2D eigenvalue weighted by molar-refractivity contribution is 0.328. The summed E-state index contributed by atoms with van der Waals surface area (Å²) in [6.07, 6.45) is 5.14. The summed E-state index contributed by atoms with van der Waals surface area (Å²) in [5.41, 5.74) is 0. The van der Waals surface area contributed by atoms with Gasteiger partial charge in [-0.1, -0.05) is 11.6 Å². The van der Waals surface area contributed by atoms with Crippen LogP contribution in [0.5, 0.6) is 0 Å². The topological polar surface area (TPSA) is 71.2 Å². The normalized spacial score (nSPS) is 16.2. The molecular formula is C13H17ClN6O. The van der Waals surface area contributed by atoms with Gasteiger partial charge in [0.15, 0.2) is 0 Å². The summed E-state index contributed by atoms with van der Waals surface area (Å²) in [6, 6.07) is 0. The SMILES string of the molecule is CN(C)c1noc(C2CCN(c3ncc(Cl)cn3)CC2)n1. The molecule has 0 amide bonds. The Kier molecular flexibility index (Phi) is 3.92. The van der Waals surface area contributed by atoms with Gasteiger partial charge in [0.2, 0.25) is 11.8 Å². The Labute approximate surface area is 127 Å². The summed E-state index contributed by atoms with van der Waals surface area (Å²) >= 11 is 5.81. The van der Waals surface area contributed by atoms with E-state index < -0.39 is 0 Å². The molecule has 0 N–H and O–H groups in total. The summed E-state index contributed by atoms with van der Waals surface area (Å²) < 4.78 is 5.35. The number of anilines is 2. The van der Waals surface area contributed by atoms with E-state index in [4.69, 9.17) is 16.1 Å². The van der Waals surface area contributed by atoms with Crippen LogP contribution in [-0.4, -0.2) is 47.3 Å². The molecule has 0 saturated carbocycles. The highest BCUT2D eigenvalue weighted by molar-refractivity contribution is 6.30. The van der Waals surface area contributed by atoms with Crippen LogP contribution in [0.2, 0.25) is 5.02 Å². The van der Waals surface area contributed by atoms with Gasteiger partial charge >= 0.3 is 0 Å². The van der Waals surface area contributed by atoms with Crippen molar-refractivity contribution >= 4 is 23.5 Å². The van der Waals surface area contributed by atoms with E-state index in [0.29, 0.717) is 16.9 Å². The molecule has 2 aromatic rings. The Bertz CT molecular complexity index is 591. The molecule has 3 heterocycles. The van der Waals surface area contributed by atoms with Crippen LogP contribution in [0, 0.1) is 0 Å². The van der Waals surface area contributed by atoms with Crippen LogP contribution in [0.3, 0.4) is 0 Å². The van der Waals surface area contributed by atoms with Crippen molar-refractivity contribution in [2.45, 2.75) is 18.8 Å². The van der Waals surface area contributed by atoms with E-state index in [1.807, 2.05) is 19.0 Å². The van der Waals surface area contributed by atoms with Gasteiger partial charge in [-0.15, -0.1) is 0 Å². The minimum absolute atomic E-state index is 0.301. The summed E-state index contributed by atoms with van der Waals surface area (Å²) in [6.45, 7) is 1.73. The molecule has 1 aliphatic rings. The lowest BCUT2D eigenvalue weighted by atomic mass is 9.97. The molecule has 8 heteroatoms. The molecule has 21 heavy (non-hydrogen) atoms. The third kappa shape index (κ3) is 3.07. The second-order valence-electron chi connectivity index (χ2n) is 5.29. The maximum Gasteiger partial charge on any atom is 0.265 e. The summed E-state index contributed by atoms with van der Waals surface area (Å²) in [4.78, 5) is 16.9. The van der Waals surface area contributed by atoms with Crippen LogP contribution in [-0.2, 0) is 0 Å². The van der Waals surface area contributed by atoms with Crippen LogP contribution in [0.25, 0.3) is 0 Å². The van der Waals surface area contributed by atoms with E-state index in [-0.39, 0.29) is 0 Å². The van der Waals surface area contributed by atoms with Gasteiger partial charge in [-0.25, -0.2) is 9.97 Å². The molecular weight excluding hydrogens is 292 g/mol. The van der Waals surface area contributed by atoms with Crippen molar-refractivity contribution in [3.8, 4) is 0 Å². The molecule has 0 radical (unpaired) electrons. The average molecular weight is 309 g/mol. The van der Waals surface area contributed by atoms with Gasteiger partial charge in [-0.05, 0) is 18.0 Å². The van der Waals surface area contributed by atoms with Gasteiger partial charge < -0.3 is 14.3 Å². The molecule has 3 rings (SSSR count). The average Bonchev–Trinajstić information content (AvgIpc) is 2.98. The molecule has 0 unspecified atom stereocenters. The summed E-state index contributed by atoms with van der Waals surface area (Å²) in [5.74, 6) is 2.36. The first-order valence-electron chi connectivity index (χ1n) is 6.87.